The number of hydrogen-bond donors (Lipinski definition) is 1. The average Bonchev–Trinajstić information content (AvgIpc) is 2.25. The summed E-state index contributed by atoms with van der Waals surface area (Å²) in [5.74, 6) is 4.88. The molecular formula is C7H7F3N4O2. The summed E-state index contributed by atoms with van der Waals surface area (Å²) in [5, 5.41) is 0.283. The van der Waals surface area contributed by atoms with E-state index >= 15 is 0 Å². The number of amides is 1. The molecule has 0 fully saturated rings. The van der Waals surface area contributed by atoms with Gasteiger partial charge < -0.3 is 4.74 Å². The summed E-state index contributed by atoms with van der Waals surface area (Å²) in [4.78, 5) is 18.1. The predicted molar refractivity (Wildman–Crippen MR) is 46.1 cm³/mol. The van der Waals surface area contributed by atoms with Crippen molar-refractivity contribution in [2.24, 2.45) is 5.84 Å². The van der Waals surface area contributed by atoms with E-state index in [1.54, 1.807) is 0 Å². The zero-order chi connectivity index (χ0) is 12.2. The van der Waals surface area contributed by atoms with Crippen LogP contribution in [-0.4, -0.2) is 28.8 Å². The Morgan fingerprint density at radius 1 is 1.44 bits per heavy atom. The van der Waals surface area contributed by atoms with Gasteiger partial charge in [0.2, 0.25) is 5.95 Å². The first kappa shape index (κ1) is 12.2. The van der Waals surface area contributed by atoms with Crippen LogP contribution in [0.1, 0.15) is 0 Å². The molecule has 1 heterocycles. The molecule has 2 N–H and O–H groups in total. The fraction of sp³-hybridized carbons (Fsp3) is 0.286. The van der Waals surface area contributed by atoms with Gasteiger partial charge in [-0.15, -0.1) is 0 Å². The van der Waals surface area contributed by atoms with Gasteiger partial charge in [-0.25, -0.2) is 20.6 Å². The van der Waals surface area contributed by atoms with E-state index in [4.69, 9.17) is 5.84 Å². The van der Waals surface area contributed by atoms with Crippen molar-refractivity contribution in [1.29, 1.82) is 0 Å². The molecule has 0 saturated heterocycles. The highest BCUT2D eigenvalue weighted by Gasteiger charge is 2.31. The molecule has 1 rings (SSSR count). The minimum absolute atomic E-state index is 0.255. The fourth-order valence-corrected chi connectivity index (χ4v) is 0.710. The van der Waals surface area contributed by atoms with Crippen LogP contribution in [-0.2, 0) is 4.74 Å². The highest BCUT2D eigenvalue weighted by atomic mass is 19.4. The van der Waals surface area contributed by atoms with Crippen LogP contribution in [0.3, 0.4) is 0 Å². The van der Waals surface area contributed by atoms with Crippen LogP contribution < -0.4 is 10.9 Å². The molecule has 0 radical (unpaired) electrons. The second kappa shape index (κ2) is 4.75. The molecule has 0 aliphatic heterocycles. The molecule has 1 amide bonds. The zero-order valence-corrected chi connectivity index (χ0v) is 7.81. The number of nitrogens with zero attached hydrogens (tertiary/aromatic N) is 3. The van der Waals surface area contributed by atoms with Crippen LogP contribution in [0, 0.1) is 0 Å². The number of anilines is 1. The molecule has 0 atom stereocenters. The van der Waals surface area contributed by atoms with E-state index in [2.05, 4.69) is 14.7 Å². The summed E-state index contributed by atoms with van der Waals surface area (Å²) < 4.78 is 39.0. The van der Waals surface area contributed by atoms with Gasteiger partial charge in [-0.1, -0.05) is 0 Å². The lowest BCUT2D eigenvalue weighted by Crippen LogP contribution is -2.40. The van der Waals surface area contributed by atoms with Gasteiger partial charge in [-0.05, 0) is 6.07 Å². The number of halogens is 3. The third-order valence-electron chi connectivity index (χ3n) is 1.32. The Balaban J connectivity index is 2.55. The van der Waals surface area contributed by atoms with Crippen molar-refractivity contribution in [2.45, 2.75) is 6.18 Å². The van der Waals surface area contributed by atoms with Crippen molar-refractivity contribution in [2.75, 3.05) is 11.6 Å². The Morgan fingerprint density at radius 2 is 2.00 bits per heavy atom. The summed E-state index contributed by atoms with van der Waals surface area (Å²) in [6.45, 7) is -1.72. The number of ether oxygens (including phenoxy) is 1. The minimum Gasteiger partial charge on any atom is -0.438 e. The number of rotatable bonds is 2. The largest absolute Gasteiger partial charge is 0.438 e. The number of hydrazine groups is 1. The Kier molecular flexibility index (Phi) is 3.61. The number of hydrogen-bond acceptors (Lipinski definition) is 5. The first-order valence-electron chi connectivity index (χ1n) is 3.95. The second-order valence-electron chi connectivity index (χ2n) is 2.59. The lowest BCUT2D eigenvalue weighted by atomic mass is 10.7. The van der Waals surface area contributed by atoms with Crippen molar-refractivity contribution in [3.05, 3.63) is 18.5 Å². The van der Waals surface area contributed by atoms with Crippen LogP contribution in [0.2, 0.25) is 0 Å². The number of alkyl halides is 3. The molecule has 0 saturated carbocycles. The SMILES string of the molecule is NN(C(=O)OCC(F)(F)F)c1ncccn1. The first-order valence-corrected chi connectivity index (χ1v) is 3.95. The molecule has 0 aliphatic carbocycles. The molecule has 0 bridgehead atoms. The van der Waals surface area contributed by atoms with E-state index in [9.17, 15) is 18.0 Å². The van der Waals surface area contributed by atoms with Crippen LogP contribution in [0.5, 0.6) is 0 Å². The molecular weight excluding hydrogens is 229 g/mol. The summed E-state index contributed by atoms with van der Waals surface area (Å²) in [6, 6.07) is 1.46. The van der Waals surface area contributed by atoms with E-state index in [-0.39, 0.29) is 11.0 Å². The molecule has 6 nitrogen and oxygen atoms in total. The van der Waals surface area contributed by atoms with Crippen LogP contribution >= 0.6 is 0 Å². The molecule has 0 aliphatic rings. The zero-order valence-electron chi connectivity index (χ0n) is 7.81. The number of carbonyl (C=O) groups is 1. The molecule has 1 aromatic rings. The Morgan fingerprint density at radius 3 is 2.50 bits per heavy atom. The van der Waals surface area contributed by atoms with Gasteiger partial charge >= 0.3 is 12.3 Å². The summed E-state index contributed by atoms with van der Waals surface area (Å²) in [6.07, 6.45) is -3.43. The monoisotopic (exact) mass is 236 g/mol. The van der Waals surface area contributed by atoms with Gasteiger partial charge in [0.05, 0.1) is 0 Å². The first-order chi connectivity index (χ1) is 7.40. The topological polar surface area (TPSA) is 81.3 Å². The van der Waals surface area contributed by atoms with Crippen LogP contribution in [0.4, 0.5) is 23.9 Å². The molecule has 0 aromatic carbocycles. The second-order valence-corrected chi connectivity index (χ2v) is 2.59. The molecule has 0 unspecified atom stereocenters. The van der Waals surface area contributed by atoms with Gasteiger partial charge in [0.1, 0.15) is 0 Å². The van der Waals surface area contributed by atoms with Gasteiger partial charge in [0, 0.05) is 12.4 Å². The highest BCUT2D eigenvalue weighted by Crippen LogP contribution is 2.15. The Labute approximate surface area is 87.8 Å². The van der Waals surface area contributed by atoms with Gasteiger partial charge in [-0.2, -0.15) is 18.2 Å². The van der Waals surface area contributed by atoms with Crippen molar-refractivity contribution in [3.8, 4) is 0 Å². The molecule has 88 valence electrons. The minimum atomic E-state index is -4.60. The van der Waals surface area contributed by atoms with E-state index in [1.807, 2.05) is 0 Å². The lowest BCUT2D eigenvalue weighted by Gasteiger charge is -2.14. The van der Waals surface area contributed by atoms with Gasteiger partial charge in [-0.3, -0.25) is 0 Å². The Hall–Kier alpha value is -1.90. The molecule has 9 heteroatoms. The molecule has 1 aromatic heterocycles. The normalized spacial score (nSPS) is 11.0. The number of aromatic nitrogens is 2. The van der Waals surface area contributed by atoms with Crippen LogP contribution in [0.25, 0.3) is 0 Å². The maximum Gasteiger partial charge on any atom is 0.431 e. The lowest BCUT2D eigenvalue weighted by molar-refractivity contribution is -0.159. The van der Waals surface area contributed by atoms with Crippen LogP contribution in [0.15, 0.2) is 18.5 Å². The summed E-state index contributed by atoms with van der Waals surface area (Å²) in [5.41, 5.74) is 0. The third kappa shape index (κ3) is 3.69. The molecule has 16 heavy (non-hydrogen) atoms. The van der Waals surface area contributed by atoms with Crippen molar-refractivity contribution >= 4 is 12.0 Å². The van der Waals surface area contributed by atoms with E-state index < -0.39 is 18.9 Å². The highest BCUT2D eigenvalue weighted by molar-refractivity contribution is 5.83. The van der Waals surface area contributed by atoms with E-state index in [0.29, 0.717) is 0 Å². The Bertz CT molecular complexity index is 356. The van der Waals surface area contributed by atoms with Crippen molar-refractivity contribution < 1.29 is 22.7 Å². The standard InChI is InChI=1S/C7H7F3N4O2/c8-7(9,10)4-16-6(15)14(11)5-12-2-1-3-13-5/h1-3H,4,11H2. The maximum atomic E-state index is 11.7. The van der Waals surface area contributed by atoms with Gasteiger partial charge in [0.25, 0.3) is 0 Å². The molecule has 0 spiro atoms. The van der Waals surface area contributed by atoms with Gasteiger partial charge in [0.15, 0.2) is 6.61 Å². The quantitative estimate of drug-likeness (QED) is 0.467. The summed E-state index contributed by atoms with van der Waals surface area (Å²) >= 11 is 0. The predicted octanol–water partition coefficient (Wildman–Crippen LogP) is 0.856. The maximum absolute atomic E-state index is 11.7. The number of nitrogens with two attached hydrogens (primary N) is 1. The average molecular weight is 236 g/mol. The fourth-order valence-electron chi connectivity index (χ4n) is 0.710. The smallest absolute Gasteiger partial charge is 0.431 e. The van der Waals surface area contributed by atoms with Crippen molar-refractivity contribution in [1.82, 2.24) is 9.97 Å². The van der Waals surface area contributed by atoms with E-state index in [0.717, 1.165) is 0 Å². The van der Waals surface area contributed by atoms with Crippen molar-refractivity contribution in [3.63, 3.8) is 0 Å². The summed E-state index contributed by atoms with van der Waals surface area (Å²) in [7, 11) is 0. The third-order valence-corrected chi connectivity index (χ3v) is 1.32. The number of carbonyl (C=O) groups excluding carboxylic acids is 1. The van der Waals surface area contributed by atoms with E-state index in [1.165, 1.54) is 18.5 Å².